The number of nitrogens with one attached hydrogen (secondary N) is 1. The van der Waals surface area contributed by atoms with Gasteiger partial charge in [-0.25, -0.2) is 4.98 Å². The second kappa shape index (κ2) is 7.98. The van der Waals surface area contributed by atoms with E-state index < -0.39 is 0 Å². The maximum atomic E-state index is 12.0. The Morgan fingerprint density at radius 2 is 2.33 bits per heavy atom. The molecule has 0 aliphatic carbocycles. The van der Waals surface area contributed by atoms with Gasteiger partial charge >= 0.3 is 0 Å². The number of carbonyl (C=O) groups is 1. The highest BCUT2D eigenvalue weighted by atomic mass is 16.5. The van der Waals surface area contributed by atoms with Gasteiger partial charge < -0.3 is 15.0 Å². The Kier molecular flexibility index (Phi) is 5.99. The highest BCUT2D eigenvalue weighted by Crippen LogP contribution is 2.22. The van der Waals surface area contributed by atoms with Crippen molar-refractivity contribution in [2.75, 3.05) is 31.6 Å². The summed E-state index contributed by atoms with van der Waals surface area (Å²) in [5.41, 5.74) is 0.646. The first-order chi connectivity index (χ1) is 10.3. The van der Waals surface area contributed by atoms with Crippen LogP contribution in [0, 0.1) is 0 Å². The van der Waals surface area contributed by atoms with Crippen molar-refractivity contribution in [1.82, 2.24) is 10.3 Å². The number of amides is 1. The molecule has 0 radical (unpaired) electrons. The summed E-state index contributed by atoms with van der Waals surface area (Å²) in [6.07, 6.45) is 6.28. The zero-order chi connectivity index (χ0) is 15.1. The summed E-state index contributed by atoms with van der Waals surface area (Å²) in [6.45, 7) is 4.77. The van der Waals surface area contributed by atoms with Gasteiger partial charge in [-0.3, -0.25) is 4.79 Å². The molecule has 1 aliphatic rings. The predicted molar refractivity (Wildman–Crippen MR) is 83.7 cm³/mol. The van der Waals surface area contributed by atoms with Crippen molar-refractivity contribution in [3.8, 4) is 0 Å². The van der Waals surface area contributed by atoms with Gasteiger partial charge in [-0.15, -0.1) is 0 Å². The number of ether oxygens (including phenoxy) is 1. The molecular weight excluding hydrogens is 266 g/mol. The third-order valence-electron chi connectivity index (χ3n) is 3.79. The molecule has 5 nitrogen and oxygen atoms in total. The van der Waals surface area contributed by atoms with Crippen LogP contribution in [0.25, 0.3) is 0 Å². The lowest BCUT2D eigenvalue weighted by molar-refractivity contribution is 0.0461. The molecule has 1 saturated heterocycles. The molecule has 5 heteroatoms. The summed E-state index contributed by atoms with van der Waals surface area (Å²) in [5.74, 6) is 0.703. The SMILES string of the molecule is CCCOC1CCCN(c2ncccc2C(=O)NC)CC1. The topological polar surface area (TPSA) is 54.5 Å². The van der Waals surface area contributed by atoms with E-state index in [1.165, 1.54) is 0 Å². The molecule has 1 unspecified atom stereocenters. The maximum absolute atomic E-state index is 12.0. The summed E-state index contributed by atoms with van der Waals surface area (Å²) in [6, 6.07) is 3.64. The second-order valence-electron chi connectivity index (χ2n) is 5.36. The molecule has 1 aliphatic heterocycles. The van der Waals surface area contributed by atoms with Crippen LogP contribution in [0.5, 0.6) is 0 Å². The van der Waals surface area contributed by atoms with Gasteiger partial charge in [-0.05, 0) is 37.8 Å². The smallest absolute Gasteiger partial charge is 0.254 e. The largest absolute Gasteiger partial charge is 0.378 e. The van der Waals surface area contributed by atoms with Gasteiger partial charge in [0.25, 0.3) is 5.91 Å². The van der Waals surface area contributed by atoms with Crippen LogP contribution < -0.4 is 10.2 Å². The molecule has 2 rings (SSSR count). The van der Waals surface area contributed by atoms with Crippen molar-refractivity contribution in [3.05, 3.63) is 23.9 Å². The maximum Gasteiger partial charge on any atom is 0.254 e. The molecule has 1 aromatic rings. The Bertz CT molecular complexity index is 465. The van der Waals surface area contributed by atoms with Crippen molar-refractivity contribution in [2.24, 2.45) is 0 Å². The molecule has 1 N–H and O–H groups in total. The lowest BCUT2D eigenvalue weighted by Gasteiger charge is -2.23. The van der Waals surface area contributed by atoms with Gasteiger partial charge in [0, 0.05) is 32.9 Å². The zero-order valence-electron chi connectivity index (χ0n) is 13.0. The zero-order valence-corrected chi connectivity index (χ0v) is 13.0. The second-order valence-corrected chi connectivity index (χ2v) is 5.36. The first-order valence-corrected chi connectivity index (χ1v) is 7.80. The summed E-state index contributed by atoms with van der Waals surface area (Å²) < 4.78 is 5.87. The fraction of sp³-hybridized carbons (Fsp3) is 0.625. The number of rotatable bonds is 5. The van der Waals surface area contributed by atoms with E-state index in [1.54, 1.807) is 19.3 Å². The molecule has 0 bridgehead atoms. The lowest BCUT2D eigenvalue weighted by atomic mass is 10.1. The molecule has 0 saturated carbocycles. The van der Waals surface area contributed by atoms with E-state index in [0.717, 1.165) is 51.2 Å². The first kappa shape index (κ1) is 15.8. The fourth-order valence-electron chi connectivity index (χ4n) is 2.69. The third kappa shape index (κ3) is 4.17. The van der Waals surface area contributed by atoms with Crippen LogP contribution in [0.3, 0.4) is 0 Å². The number of aromatic nitrogens is 1. The first-order valence-electron chi connectivity index (χ1n) is 7.80. The number of hydrogen-bond acceptors (Lipinski definition) is 4. The van der Waals surface area contributed by atoms with Crippen LogP contribution in [-0.4, -0.2) is 43.7 Å². The van der Waals surface area contributed by atoms with Crippen molar-refractivity contribution in [2.45, 2.75) is 38.7 Å². The standard InChI is InChI=1S/C16H25N3O2/c1-3-12-21-13-6-5-10-19(11-8-13)15-14(16(20)17-2)7-4-9-18-15/h4,7,9,13H,3,5-6,8,10-12H2,1-2H3,(H,17,20). The van der Waals surface area contributed by atoms with E-state index in [9.17, 15) is 4.79 Å². The van der Waals surface area contributed by atoms with Gasteiger partial charge in [0.2, 0.25) is 0 Å². The summed E-state index contributed by atoms with van der Waals surface area (Å²) in [4.78, 5) is 18.6. The molecule has 1 aromatic heterocycles. The number of pyridine rings is 1. The minimum Gasteiger partial charge on any atom is -0.378 e. The Labute approximate surface area is 126 Å². The van der Waals surface area contributed by atoms with Gasteiger partial charge in [0.15, 0.2) is 0 Å². The number of nitrogens with zero attached hydrogens (tertiary/aromatic N) is 2. The number of anilines is 1. The van der Waals surface area contributed by atoms with Crippen molar-refractivity contribution >= 4 is 11.7 Å². The summed E-state index contributed by atoms with van der Waals surface area (Å²) in [7, 11) is 1.65. The van der Waals surface area contributed by atoms with Crippen LogP contribution in [0.15, 0.2) is 18.3 Å². The highest BCUT2D eigenvalue weighted by Gasteiger charge is 2.21. The Morgan fingerprint density at radius 3 is 3.10 bits per heavy atom. The molecule has 0 spiro atoms. The average molecular weight is 291 g/mol. The lowest BCUT2D eigenvalue weighted by Crippen LogP contribution is -2.29. The summed E-state index contributed by atoms with van der Waals surface area (Å²) in [5, 5.41) is 2.68. The normalized spacial score (nSPS) is 19.1. The molecule has 1 atom stereocenters. The number of hydrogen-bond donors (Lipinski definition) is 1. The minimum absolute atomic E-state index is 0.0823. The monoisotopic (exact) mass is 291 g/mol. The minimum atomic E-state index is -0.0823. The summed E-state index contributed by atoms with van der Waals surface area (Å²) >= 11 is 0. The van der Waals surface area contributed by atoms with E-state index in [2.05, 4.69) is 22.1 Å². The van der Waals surface area contributed by atoms with E-state index in [1.807, 2.05) is 6.07 Å². The Hall–Kier alpha value is -1.62. The third-order valence-corrected chi connectivity index (χ3v) is 3.79. The van der Waals surface area contributed by atoms with Gasteiger partial charge in [-0.1, -0.05) is 6.92 Å². The van der Waals surface area contributed by atoms with Crippen LogP contribution >= 0.6 is 0 Å². The van der Waals surface area contributed by atoms with Crippen LogP contribution in [0.1, 0.15) is 43.0 Å². The van der Waals surface area contributed by atoms with E-state index >= 15 is 0 Å². The van der Waals surface area contributed by atoms with E-state index in [0.29, 0.717) is 11.7 Å². The predicted octanol–water partition coefficient (Wildman–Crippen LogP) is 2.23. The van der Waals surface area contributed by atoms with Crippen LogP contribution in [0.2, 0.25) is 0 Å². The van der Waals surface area contributed by atoms with Crippen molar-refractivity contribution < 1.29 is 9.53 Å². The Balaban J connectivity index is 2.07. The molecule has 2 heterocycles. The van der Waals surface area contributed by atoms with Gasteiger partial charge in [0.1, 0.15) is 5.82 Å². The van der Waals surface area contributed by atoms with E-state index in [4.69, 9.17) is 4.74 Å². The van der Waals surface area contributed by atoms with Crippen LogP contribution in [0.4, 0.5) is 5.82 Å². The van der Waals surface area contributed by atoms with Crippen molar-refractivity contribution in [3.63, 3.8) is 0 Å². The fourth-order valence-corrected chi connectivity index (χ4v) is 2.69. The molecule has 0 aromatic carbocycles. The molecule has 1 fully saturated rings. The van der Waals surface area contributed by atoms with Gasteiger partial charge in [0.05, 0.1) is 11.7 Å². The van der Waals surface area contributed by atoms with Crippen molar-refractivity contribution in [1.29, 1.82) is 0 Å². The van der Waals surface area contributed by atoms with E-state index in [-0.39, 0.29) is 5.91 Å². The molecule has 21 heavy (non-hydrogen) atoms. The number of carbonyl (C=O) groups excluding carboxylic acids is 1. The van der Waals surface area contributed by atoms with Gasteiger partial charge in [-0.2, -0.15) is 0 Å². The quantitative estimate of drug-likeness (QED) is 0.904. The molecular formula is C16H25N3O2. The molecule has 116 valence electrons. The van der Waals surface area contributed by atoms with Crippen LogP contribution in [-0.2, 0) is 4.74 Å². The Morgan fingerprint density at radius 1 is 1.48 bits per heavy atom. The molecule has 1 amide bonds. The average Bonchev–Trinajstić information content (AvgIpc) is 2.77. The highest BCUT2D eigenvalue weighted by molar-refractivity contribution is 5.98.